The molecule has 2 aromatic carbocycles. The minimum atomic E-state index is -0.653. The zero-order valence-electron chi connectivity index (χ0n) is 14.7. The molecule has 0 bridgehead atoms. The van der Waals surface area contributed by atoms with Crippen LogP contribution >= 0.6 is 11.6 Å². The molecule has 3 nitrogen and oxygen atoms in total. The number of hydrogen-bond donors (Lipinski definition) is 1. The minimum Gasteiger partial charge on any atom is -0.493 e. The molecule has 2 rings (SSSR count). The van der Waals surface area contributed by atoms with Crippen LogP contribution in [0.2, 0.25) is 0 Å². The molecule has 0 fully saturated rings. The summed E-state index contributed by atoms with van der Waals surface area (Å²) in [6, 6.07) is 16.0. The van der Waals surface area contributed by atoms with Crippen LogP contribution in [0.1, 0.15) is 25.0 Å². The molecule has 0 aliphatic heterocycles. The Morgan fingerprint density at radius 1 is 1.00 bits per heavy atom. The topological polar surface area (TPSA) is 38.7 Å². The molecule has 0 aliphatic carbocycles. The van der Waals surface area contributed by atoms with Crippen LogP contribution in [0.3, 0.4) is 0 Å². The summed E-state index contributed by atoms with van der Waals surface area (Å²) in [4.78, 5) is 0. The van der Waals surface area contributed by atoms with E-state index >= 15 is 0 Å². The first-order valence-electron chi connectivity index (χ1n) is 8.29. The Morgan fingerprint density at radius 3 is 1.92 bits per heavy atom. The first kappa shape index (κ1) is 19.6. The fourth-order valence-corrected chi connectivity index (χ4v) is 2.58. The monoisotopic (exact) mass is 360 g/mol. The fraction of sp³-hybridized carbons (Fsp3) is 0.333. The van der Waals surface area contributed by atoms with Gasteiger partial charge >= 0.3 is 0 Å². The summed E-state index contributed by atoms with van der Waals surface area (Å²) in [7, 11) is 0. The summed E-state index contributed by atoms with van der Waals surface area (Å²) >= 11 is 5.57. The predicted octanol–water partition coefficient (Wildman–Crippen LogP) is 4.41. The molecule has 0 saturated carbocycles. The molecule has 1 atom stereocenters. The van der Waals surface area contributed by atoms with E-state index < -0.39 is 6.10 Å². The molecule has 0 aliphatic rings. The Hall–Kier alpha value is -1.71. The van der Waals surface area contributed by atoms with Crippen molar-refractivity contribution in [1.29, 1.82) is 0 Å². The second-order valence-electron chi connectivity index (χ2n) is 6.39. The van der Waals surface area contributed by atoms with E-state index in [4.69, 9.17) is 21.1 Å². The van der Waals surface area contributed by atoms with Crippen LogP contribution in [0.25, 0.3) is 0 Å². The van der Waals surface area contributed by atoms with E-state index in [0.717, 1.165) is 11.5 Å². The van der Waals surface area contributed by atoms with Crippen LogP contribution in [-0.4, -0.2) is 30.3 Å². The van der Waals surface area contributed by atoms with Crippen molar-refractivity contribution in [2.24, 2.45) is 0 Å². The van der Waals surface area contributed by atoms with E-state index in [1.165, 1.54) is 11.1 Å². The molecule has 1 N–H and O–H groups in total. The molecule has 2 radical (unpaired) electrons. The van der Waals surface area contributed by atoms with Crippen molar-refractivity contribution in [2.45, 2.75) is 25.4 Å². The van der Waals surface area contributed by atoms with Crippen molar-refractivity contribution in [1.82, 2.24) is 0 Å². The van der Waals surface area contributed by atoms with Gasteiger partial charge in [-0.2, -0.15) is 0 Å². The third-order valence-corrected chi connectivity index (χ3v) is 4.50. The number of aliphatic hydroxyl groups excluding tert-OH is 1. The fourth-order valence-electron chi connectivity index (χ4n) is 2.49. The van der Waals surface area contributed by atoms with Gasteiger partial charge in [-0.05, 0) is 48.7 Å². The lowest BCUT2D eigenvalue weighted by molar-refractivity contribution is 0.125. The Balaban J connectivity index is 2.07. The second kappa shape index (κ2) is 9.12. The maximum Gasteiger partial charge on any atom is 0.119 e. The average molecular weight is 361 g/mol. The predicted molar refractivity (Wildman–Crippen MR) is 102 cm³/mol. The van der Waals surface area contributed by atoms with Gasteiger partial charge in [-0.25, -0.2) is 0 Å². The SMILES string of the molecule is [CH2][CH]COc1ccc(C(C)(C)c2ccc(OC[C@H](O)CCl)cc2)cc1. The quantitative estimate of drug-likeness (QED) is 0.673. The number of benzene rings is 2. The van der Waals surface area contributed by atoms with Crippen molar-refractivity contribution in [3.8, 4) is 11.5 Å². The van der Waals surface area contributed by atoms with Crippen molar-refractivity contribution in [2.75, 3.05) is 19.1 Å². The Bertz CT molecular complexity index is 635. The Labute approximate surface area is 155 Å². The van der Waals surface area contributed by atoms with E-state index in [0.29, 0.717) is 6.61 Å². The number of hydrogen-bond acceptors (Lipinski definition) is 3. The highest BCUT2D eigenvalue weighted by molar-refractivity contribution is 6.18. The van der Waals surface area contributed by atoms with Gasteiger partial charge in [-0.15, -0.1) is 11.6 Å². The molecule has 25 heavy (non-hydrogen) atoms. The zero-order chi connectivity index (χ0) is 18.3. The lowest BCUT2D eigenvalue weighted by atomic mass is 9.78. The molecule has 0 amide bonds. The van der Waals surface area contributed by atoms with Gasteiger partial charge in [0.15, 0.2) is 0 Å². The maximum absolute atomic E-state index is 9.46. The standard InChI is InChI=1S/C21H25ClO3/c1-4-13-24-19-9-5-16(6-10-19)21(2,3)17-7-11-20(12-8-17)25-15-18(23)14-22/h4-12,18,23H,1,13-15H2,2-3H3/t18-/m1/s1. The maximum atomic E-state index is 9.46. The highest BCUT2D eigenvalue weighted by atomic mass is 35.5. The van der Waals surface area contributed by atoms with E-state index in [-0.39, 0.29) is 17.9 Å². The normalized spacial score (nSPS) is 12.7. The zero-order valence-corrected chi connectivity index (χ0v) is 15.5. The van der Waals surface area contributed by atoms with Crippen LogP contribution < -0.4 is 9.47 Å². The number of ether oxygens (including phenoxy) is 2. The average Bonchev–Trinajstić information content (AvgIpc) is 2.65. The summed E-state index contributed by atoms with van der Waals surface area (Å²) in [5.41, 5.74) is 2.23. The minimum absolute atomic E-state index is 0.148. The van der Waals surface area contributed by atoms with E-state index in [1.54, 1.807) is 6.42 Å². The van der Waals surface area contributed by atoms with Crippen LogP contribution in [0, 0.1) is 13.3 Å². The molecule has 0 saturated heterocycles. The molecule has 4 heteroatoms. The van der Waals surface area contributed by atoms with E-state index in [2.05, 4.69) is 32.9 Å². The van der Waals surface area contributed by atoms with Gasteiger partial charge in [-0.3, -0.25) is 0 Å². The molecule has 134 valence electrons. The first-order chi connectivity index (χ1) is 12.0. The van der Waals surface area contributed by atoms with Crippen LogP contribution in [-0.2, 0) is 5.41 Å². The number of rotatable bonds is 9. The van der Waals surface area contributed by atoms with Crippen LogP contribution in [0.5, 0.6) is 11.5 Å². The third kappa shape index (κ3) is 5.38. The summed E-state index contributed by atoms with van der Waals surface area (Å²) in [6.45, 7) is 8.71. The van der Waals surface area contributed by atoms with E-state index in [9.17, 15) is 5.11 Å². The molecule has 0 spiro atoms. The van der Waals surface area contributed by atoms with Gasteiger partial charge in [0.25, 0.3) is 0 Å². The Morgan fingerprint density at radius 2 is 1.48 bits per heavy atom. The summed E-state index contributed by atoms with van der Waals surface area (Å²) in [5.74, 6) is 1.72. The van der Waals surface area contributed by atoms with Gasteiger partial charge in [0, 0.05) is 5.41 Å². The molecular weight excluding hydrogens is 336 g/mol. The van der Waals surface area contributed by atoms with Crippen LogP contribution in [0.4, 0.5) is 0 Å². The largest absolute Gasteiger partial charge is 0.493 e. The van der Waals surface area contributed by atoms with Crippen LogP contribution in [0.15, 0.2) is 48.5 Å². The van der Waals surface area contributed by atoms with Crippen molar-refractivity contribution >= 4 is 11.6 Å². The van der Waals surface area contributed by atoms with Crippen molar-refractivity contribution < 1.29 is 14.6 Å². The Kier molecular flexibility index (Phi) is 7.15. The van der Waals surface area contributed by atoms with E-state index in [1.807, 2.05) is 36.4 Å². The number of halogens is 1. The lowest BCUT2D eigenvalue weighted by Gasteiger charge is -2.26. The molecular formula is C21H25ClO3. The first-order valence-corrected chi connectivity index (χ1v) is 8.82. The molecule has 0 aromatic heterocycles. The highest BCUT2D eigenvalue weighted by Gasteiger charge is 2.23. The molecule has 2 aromatic rings. The molecule has 0 heterocycles. The smallest absolute Gasteiger partial charge is 0.119 e. The number of aliphatic hydroxyl groups is 1. The summed E-state index contributed by atoms with van der Waals surface area (Å²) in [5, 5.41) is 9.46. The lowest BCUT2D eigenvalue weighted by Crippen LogP contribution is -2.20. The summed E-state index contributed by atoms with van der Waals surface area (Å²) in [6.07, 6.45) is 1.08. The van der Waals surface area contributed by atoms with Crippen molar-refractivity contribution in [3.05, 3.63) is 73.0 Å². The molecule has 0 unspecified atom stereocenters. The van der Waals surface area contributed by atoms with Crippen molar-refractivity contribution in [3.63, 3.8) is 0 Å². The second-order valence-corrected chi connectivity index (χ2v) is 6.70. The van der Waals surface area contributed by atoms with Gasteiger partial charge < -0.3 is 14.6 Å². The van der Waals surface area contributed by atoms with Gasteiger partial charge in [0.2, 0.25) is 0 Å². The van der Waals surface area contributed by atoms with Gasteiger partial charge in [-0.1, -0.05) is 38.1 Å². The highest BCUT2D eigenvalue weighted by Crippen LogP contribution is 2.33. The summed E-state index contributed by atoms with van der Waals surface area (Å²) < 4.78 is 11.1. The van der Waals surface area contributed by atoms with Gasteiger partial charge in [0.1, 0.15) is 24.2 Å². The third-order valence-electron chi connectivity index (χ3n) is 4.14. The number of alkyl halides is 1. The van der Waals surface area contributed by atoms with Gasteiger partial charge in [0.05, 0.1) is 12.5 Å².